The molecule has 1 N–H and O–H groups in total. The van der Waals surface area contributed by atoms with Crippen molar-refractivity contribution >= 4 is 0 Å². The van der Waals surface area contributed by atoms with E-state index in [0.29, 0.717) is 13.0 Å². The third-order valence-corrected chi connectivity index (χ3v) is 1.78. The van der Waals surface area contributed by atoms with Crippen molar-refractivity contribution in [3.63, 3.8) is 0 Å². The first-order valence-corrected chi connectivity index (χ1v) is 3.74. The summed E-state index contributed by atoms with van der Waals surface area (Å²) < 4.78 is 29.9. The predicted octanol–water partition coefficient (Wildman–Crippen LogP) is 1.18. The van der Waals surface area contributed by atoms with E-state index in [1.54, 1.807) is 0 Å². The smallest absolute Gasteiger partial charge is 0.273 e. The third kappa shape index (κ3) is 2.71. The molecule has 0 aliphatic carbocycles. The Morgan fingerprint density at radius 2 is 2.27 bits per heavy atom. The first kappa shape index (κ1) is 8.87. The lowest BCUT2D eigenvalue weighted by atomic mass is 10.1. The molecule has 0 amide bonds. The van der Waals surface area contributed by atoms with Crippen molar-refractivity contribution < 1.29 is 18.6 Å². The van der Waals surface area contributed by atoms with Gasteiger partial charge in [-0.1, -0.05) is 0 Å². The van der Waals surface area contributed by atoms with Crippen LogP contribution in [0.25, 0.3) is 0 Å². The molecule has 1 aliphatic rings. The van der Waals surface area contributed by atoms with Crippen LogP contribution in [0.1, 0.15) is 19.3 Å². The Kier molecular flexibility index (Phi) is 2.78. The van der Waals surface area contributed by atoms with E-state index < -0.39 is 12.5 Å². The van der Waals surface area contributed by atoms with Crippen molar-refractivity contribution in [3.05, 3.63) is 0 Å². The summed E-state index contributed by atoms with van der Waals surface area (Å²) >= 11 is 0. The molecule has 0 spiro atoms. The molecule has 0 aromatic rings. The third-order valence-electron chi connectivity index (χ3n) is 1.78. The standard InChI is InChI=1S/C7H12F2O2/c8-7(9,5-10)4-6-2-1-3-11-6/h6,10H,1-5H2. The van der Waals surface area contributed by atoms with Gasteiger partial charge in [0.2, 0.25) is 0 Å². The molecule has 0 aromatic heterocycles. The van der Waals surface area contributed by atoms with Crippen molar-refractivity contribution in [3.8, 4) is 0 Å². The lowest BCUT2D eigenvalue weighted by Crippen LogP contribution is -2.27. The molecule has 0 saturated carbocycles. The molecule has 4 heteroatoms. The van der Waals surface area contributed by atoms with Crippen LogP contribution < -0.4 is 0 Å². The Morgan fingerprint density at radius 1 is 1.55 bits per heavy atom. The van der Waals surface area contributed by atoms with Gasteiger partial charge < -0.3 is 9.84 Å². The Balaban J connectivity index is 2.28. The average Bonchev–Trinajstić information content (AvgIpc) is 2.39. The van der Waals surface area contributed by atoms with Crippen LogP contribution in [0.5, 0.6) is 0 Å². The van der Waals surface area contributed by atoms with Crippen molar-refractivity contribution in [2.45, 2.75) is 31.3 Å². The fourth-order valence-corrected chi connectivity index (χ4v) is 1.20. The first-order valence-electron chi connectivity index (χ1n) is 3.74. The van der Waals surface area contributed by atoms with Gasteiger partial charge >= 0.3 is 0 Å². The fraction of sp³-hybridized carbons (Fsp3) is 1.00. The van der Waals surface area contributed by atoms with Crippen LogP contribution >= 0.6 is 0 Å². The number of aliphatic hydroxyl groups is 1. The molecule has 1 saturated heterocycles. The van der Waals surface area contributed by atoms with Crippen molar-refractivity contribution in [1.29, 1.82) is 0 Å². The van der Waals surface area contributed by atoms with Crippen LogP contribution in [-0.2, 0) is 4.74 Å². The van der Waals surface area contributed by atoms with E-state index >= 15 is 0 Å². The summed E-state index contributed by atoms with van der Waals surface area (Å²) in [6.07, 6.45) is 0.850. The fourth-order valence-electron chi connectivity index (χ4n) is 1.20. The molecule has 1 rings (SSSR count). The maximum Gasteiger partial charge on any atom is 0.273 e. The van der Waals surface area contributed by atoms with Gasteiger partial charge in [0.25, 0.3) is 5.92 Å². The van der Waals surface area contributed by atoms with Gasteiger partial charge in [0.1, 0.15) is 6.61 Å². The van der Waals surface area contributed by atoms with Crippen LogP contribution in [-0.4, -0.2) is 30.3 Å². The number of ether oxygens (including phenoxy) is 1. The van der Waals surface area contributed by atoms with Gasteiger partial charge in [0.15, 0.2) is 0 Å². The van der Waals surface area contributed by atoms with Gasteiger partial charge in [0.05, 0.1) is 6.10 Å². The second-order valence-electron chi connectivity index (χ2n) is 2.85. The summed E-state index contributed by atoms with van der Waals surface area (Å²) in [5, 5.41) is 8.25. The second-order valence-corrected chi connectivity index (χ2v) is 2.85. The second kappa shape index (κ2) is 3.45. The van der Waals surface area contributed by atoms with Gasteiger partial charge in [-0.25, -0.2) is 8.78 Å². The Bertz CT molecular complexity index is 122. The molecule has 0 bridgehead atoms. The quantitative estimate of drug-likeness (QED) is 0.682. The van der Waals surface area contributed by atoms with E-state index in [1.807, 2.05) is 0 Å². The number of alkyl halides is 2. The molecule has 11 heavy (non-hydrogen) atoms. The van der Waals surface area contributed by atoms with Crippen LogP contribution in [0.3, 0.4) is 0 Å². The van der Waals surface area contributed by atoms with E-state index in [9.17, 15) is 8.78 Å². The van der Waals surface area contributed by atoms with Crippen LogP contribution in [0.15, 0.2) is 0 Å². The summed E-state index contributed by atoms with van der Waals surface area (Å²) in [5.41, 5.74) is 0. The van der Waals surface area contributed by atoms with Gasteiger partial charge in [-0.3, -0.25) is 0 Å². The molecule has 1 fully saturated rings. The zero-order chi connectivity index (χ0) is 8.32. The van der Waals surface area contributed by atoms with Crippen LogP contribution in [0.4, 0.5) is 8.78 Å². The molecular formula is C7H12F2O2. The van der Waals surface area contributed by atoms with Crippen LogP contribution in [0.2, 0.25) is 0 Å². The minimum Gasteiger partial charge on any atom is -0.390 e. The highest BCUT2D eigenvalue weighted by molar-refractivity contribution is 4.74. The summed E-state index contributed by atoms with van der Waals surface area (Å²) in [7, 11) is 0. The molecule has 1 aliphatic heterocycles. The maximum atomic E-state index is 12.5. The van der Waals surface area contributed by atoms with Crippen molar-refractivity contribution in [2.24, 2.45) is 0 Å². The van der Waals surface area contributed by atoms with E-state index in [1.165, 1.54) is 0 Å². The summed E-state index contributed by atoms with van der Waals surface area (Å²) in [6, 6.07) is 0. The van der Waals surface area contributed by atoms with E-state index in [2.05, 4.69) is 0 Å². The topological polar surface area (TPSA) is 29.5 Å². The number of hydrogen-bond donors (Lipinski definition) is 1. The number of rotatable bonds is 3. The molecule has 2 nitrogen and oxygen atoms in total. The number of aliphatic hydroxyl groups excluding tert-OH is 1. The highest BCUT2D eigenvalue weighted by atomic mass is 19.3. The summed E-state index contributed by atoms with van der Waals surface area (Å²) in [5.74, 6) is -2.96. The van der Waals surface area contributed by atoms with Gasteiger partial charge in [-0.05, 0) is 12.8 Å². The zero-order valence-corrected chi connectivity index (χ0v) is 6.22. The Hall–Kier alpha value is -0.220. The molecule has 1 atom stereocenters. The van der Waals surface area contributed by atoms with Gasteiger partial charge in [-0.15, -0.1) is 0 Å². The van der Waals surface area contributed by atoms with E-state index in [-0.39, 0.29) is 12.5 Å². The Morgan fingerprint density at radius 3 is 2.73 bits per heavy atom. The molecule has 66 valence electrons. The summed E-state index contributed by atoms with van der Waals surface area (Å²) in [6.45, 7) is -0.501. The molecule has 1 heterocycles. The minimum atomic E-state index is -2.96. The van der Waals surface area contributed by atoms with Crippen molar-refractivity contribution in [1.82, 2.24) is 0 Å². The molecule has 1 unspecified atom stereocenters. The number of halogens is 2. The highest BCUT2D eigenvalue weighted by Gasteiger charge is 2.33. The van der Waals surface area contributed by atoms with Gasteiger partial charge in [0, 0.05) is 13.0 Å². The molecule has 0 aromatic carbocycles. The number of hydrogen-bond acceptors (Lipinski definition) is 2. The lowest BCUT2D eigenvalue weighted by molar-refractivity contribution is -0.0848. The predicted molar refractivity (Wildman–Crippen MR) is 35.6 cm³/mol. The monoisotopic (exact) mass is 166 g/mol. The highest BCUT2D eigenvalue weighted by Crippen LogP contribution is 2.26. The largest absolute Gasteiger partial charge is 0.390 e. The molecule has 0 radical (unpaired) electrons. The first-order chi connectivity index (χ1) is 5.14. The SMILES string of the molecule is OCC(F)(F)CC1CCCO1. The normalized spacial score (nSPS) is 25.9. The van der Waals surface area contributed by atoms with Crippen molar-refractivity contribution in [2.75, 3.05) is 13.2 Å². The Labute approximate surface area is 64.2 Å². The zero-order valence-electron chi connectivity index (χ0n) is 6.22. The minimum absolute atomic E-state index is 0.344. The summed E-state index contributed by atoms with van der Waals surface area (Å²) in [4.78, 5) is 0. The van der Waals surface area contributed by atoms with E-state index in [0.717, 1.165) is 6.42 Å². The average molecular weight is 166 g/mol. The van der Waals surface area contributed by atoms with Gasteiger partial charge in [-0.2, -0.15) is 0 Å². The maximum absolute atomic E-state index is 12.5. The molecular weight excluding hydrogens is 154 g/mol. The van der Waals surface area contributed by atoms with E-state index in [4.69, 9.17) is 9.84 Å². The lowest BCUT2D eigenvalue weighted by Gasteiger charge is -2.16. The van der Waals surface area contributed by atoms with Crippen LogP contribution in [0, 0.1) is 0 Å².